The SMILES string of the molecule is CCc1ccc(NC2=C(c3cccs3)C(=O)N(c3ccc(C(C)(C)C)cc3)C2=O)cc1. The van der Waals surface area contributed by atoms with E-state index in [1.54, 1.807) is 0 Å². The number of amides is 2. The van der Waals surface area contributed by atoms with Crippen molar-refractivity contribution in [2.45, 2.75) is 39.5 Å². The van der Waals surface area contributed by atoms with E-state index in [2.05, 4.69) is 33.0 Å². The summed E-state index contributed by atoms with van der Waals surface area (Å²) in [4.78, 5) is 28.9. The summed E-state index contributed by atoms with van der Waals surface area (Å²) in [6, 6.07) is 19.4. The summed E-state index contributed by atoms with van der Waals surface area (Å²) < 4.78 is 0. The minimum atomic E-state index is -0.337. The van der Waals surface area contributed by atoms with E-state index in [4.69, 9.17) is 0 Å². The quantitative estimate of drug-likeness (QED) is 0.505. The lowest BCUT2D eigenvalue weighted by Crippen LogP contribution is -2.32. The zero-order valence-corrected chi connectivity index (χ0v) is 19.0. The fourth-order valence-electron chi connectivity index (χ4n) is 3.61. The molecule has 1 aliphatic heterocycles. The van der Waals surface area contributed by atoms with Crippen molar-refractivity contribution in [2.24, 2.45) is 0 Å². The van der Waals surface area contributed by atoms with Gasteiger partial charge >= 0.3 is 0 Å². The molecule has 0 aliphatic carbocycles. The molecule has 158 valence electrons. The van der Waals surface area contributed by atoms with Crippen molar-refractivity contribution in [3.63, 3.8) is 0 Å². The molecule has 1 N–H and O–H groups in total. The molecule has 4 nitrogen and oxygen atoms in total. The number of carbonyl (C=O) groups is 2. The highest BCUT2D eigenvalue weighted by Gasteiger charge is 2.40. The van der Waals surface area contributed by atoms with Crippen LogP contribution in [0.2, 0.25) is 0 Å². The third kappa shape index (κ3) is 4.06. The second kappa shape index (κ2) is 8.16. The molecule has 0 saturated heterocycles. The zero-order chi connectivity index (χ0) is 22.2. The molecule has 0 radical (unpaired) electrons. The summed E-state index contributed by atoms with van der Waals surface area (Å²) in [5, 5.41) is 5.13. The Morgan fingerprint density at radius 3 is 2.13 bits per heavy atom. The number of carbonyl (C=O) groups excluding carboxylic acids is 2. The summed E-state index contributed by atoms with van der Waals surface area (Å²) in [6.45, 7) is 8.51. The maximum Gasteiger partial charge on any atom is 0.282 e. The Labute approximate surface area is 187 Å². The van der Waals surface area contributed by atoms with Crippen LogP contribution in [0.1, 0.15) is 43.7 Å². The summed E-state index contributed by atoms with van der Waals surface area (Å²) in [5.41, 5.74) is 4.46. The highest BCUT2D eigenvalue weighted by Crippen LogP contribution is 2.36. The van der Waals surface area contributed by atoms with Crippen LogP contribution in [0.15, 0.2) is 71.7 Å². The highest BCUT2D eigenvalue weighted by molar-refractivity contribution is 7.11. The lowest BCUT2D eigenvalue weighted by atomic mass is 9.87. The van der Waals surface area contributed by atoms with Gasteiger partial charge in [0.15, 0.2) is 0 Å². The van der Waals surface area contributed by atoms with Crippen LogP contribution in [0.4, 0.5) is 11.4 Å². The van der Waals surface area contributed by atoms with Gasteiger partial charge in [-0.2, -0.15) is 0 Å². The first-order chi connectivity index (χ1) is 14.8. The summed E-state index contributed by atoms with van der Waals surface area (Å²) in [6.07, 6.45) is 0.944. The molecule has 2 heterocycles. The van der Waals surface area contributed by atoms with E-state index < -0.39 is 0 Å². The predicted molar refractivity (Wildman–Crippen MR) is 128 cm³/mol. The Kier molecular flexibility index (Phi) is 5.54. The minimum absolute atomic E-state index is 0.00466. The fourth-order valence-corrected chi connectivity index (χ4v) is 4.38. The lowest BCUT2D eigenvalue weighted by molar-refractivity contribution is -0.120. The number of rotatable bonds is 5. The van der Waals surface area contributed by atoms with E-state index in [0.717, 1.165) is 22.5 Å². The molecule has 31 heavy (non-hydrogen) atoms. The van der Waals surface area contributed by atoms with E-state index in [1.807, 2.05) is 66.0 Å². The Morgan fingerprint density at radius 1 is 0.903 bits per heavy atom. The van der Waals surface area contributed by atoms with Gasteiger partial charge in [-0.15, -0.1) is 11.3 Å². The van der Waals surface area contributed by atoms with Crippen molar-refractivity contribution >= 4 is 40.1 Å². The van der Waals surface area contributed by atoms with Crippen LogP contribution in [0.25, 0.3) is 5.57 Å². The van der Waals surface area contributed by atoms with Gasteiger partial charge in [0.05, 0.1) is 11.3 Å². The van der Waals surface area contributed by atoms with Gasteiger partial charge in [-0.25, -0.2) is 4.90 Å². The van der Waals surface area contributed by atoms with Gasteiger partial charge in [-0.1, -0.05) is 58.0 Å². The smallest absolute Gasteiger partial charge is 0.282 e. The van der Waals surface area contributed by atoms with Crippen LogP contribution in [0, 0.1) is 0 Å². The first-order valence-corrected chi connectivity index (χ1v) is 11.3. The maximum absolute atomic E-state index is 13.4. The Balaban J connectivity index is 1.72. The maximum atomic E-state index is 13.4. The van der Waals surface area contributed by atoms with Gasteiger partial charge in [0.1, 0.15) is 5.70 Å². The molecule has 1 aliphatic rings. The van der Waals surface area contributed by atoms with Crippen molar-refractivity contribution in [3.05, 3.63) is 87.7 Å². The number of nitrogens with one attached hydrogen (secondary N) is 1. The van der Waals surface area contributed by atoms with Crippen molar-refractivity contribution in [1.29, 1.82) is 0 Å². The number of imide groups is 1. The minimum Gasteiger partial charge on any atom is -0.350 e. The van der Waals surface area contributed by atoms with E-state index >= 15 is 0 Å². The molecule has 0 fully saturated rings. The van der Waals surface area contributed by atoms with Crippen LogP contribution in [-0.4, -0.2) is 11.8 Å². The number of hydrogen-bond donors (Lipinski definition) is 1. The van der Waals surface area contributed by atoms with Crippen LogP contribution >= 0.6 is 11.3 Å². The molecule has 0 spiro atoms. The molecule has 0 bridgehead atoms. The molecule has 4 rings (SSSR count). The van der Waals surface area contributed by atoms with Gasteiger partial charge in [0.2, 0.25) is 0 Å². The van der Waals surface area contributed by atoms with Crippen LogP contribution < -0.4 is 10.2 Å². The van der Waals surface area contributed by atoms with Crippen LogP contribution in [0.5, 0.6) is 0 Å². The van der Waals surface area contributed by atoms with Crippen molar-refractivity contribution in [1.82, 2.24) is 0 Å². The first kappa shape index (κ1) is 21.1. The van der Waals surface area contributed by atoms with Crippen molar-refractivity contribution in [3.8, 4) is 0 Å². The number of hydrogen-bond acceptors (Lipinski definition) is 4. The average molecular weight is 431 g/mol. The second-order valence-corrected chi connectivity index (χ2v) is 9.59. The Morgan fingerprint density at radius 2 is 1.58 bits per heavy atom. The molecule has 2 amide bonds. The molecule has 2 aromatic carbocycles. The van der Waals surface area contributed by atoms with E-state index in [9.17, 15) is 9.59 Å². The van der Waals surface area contributed by atoms with Gasteiger partial charge in [-0.05, 0) is 58.7 Å². The number of anilines is 2. The number of aryl methyl sites for hydroxylation is 1. The van der Waals surface area contributed by atoms with Gasteiger partial charge in [0.25, 0.3) is 11.8 Å². The van der Waals surface area contributed by atoms with Crippen molar-refractivity contribution < 1.29 is 9.59 Å². The molecule has 3 aromatic rings. The number of nitrogens with zero attached hydrogens (tertiary/aromatic N) is 1. The molecule has 1 aromatic heterocycles. The summed E-state index contributed by atoms with van der Waals surface area (Å²) in [7, 11) is 0. The van der Waals surface area contributed by atoms with E-state index in [-0.39, 0.29) is 17.2 Å². The first-order valence-electron chi connectivity index (χ1n) is 10.4. The zero-order valence-electron chi connectivity index (χ0n) is 18.2. The topological polar surface area (TPSA) is 49.4 Å². The molecule has 0 unspecified atom stereocenters. The van der Waals surface area contributed by atoms with E-state index in [1.165, 1.54) is 21.8 Å². The van der Waals surface area contributed by atoms with E-state index in [0.29, 0.717) is 17.0 Å². The van der Waals surface area contributed by atoms with Crippen molar-refractivity contribution in [2.75, 3.05) is 10.2 Å². The fraction of sp³-hybridized carbons (Fsp3) is 0.231. The highest BCUT2D eigenvalue weighted by atomic mass is 32.1. The third-order valence-electron chi connectivity index (χ3n) is 5.47. The third-order valence-corrected chi connectivity index (χ3v) is 6.36. The van der Waals surface area contributed by atoms with Gasteiger partial charge in [0, 0.05) is 10.6 Å². The van der Waals surface area contributed by atoms with Gasteiger partial charge in [-0.3, -0.25) is 9.59 Å². The van der Waals surface area contributed by atoms with Crippen LogP contribution in [-0.2, 0) is 21.4 Å². The molecular formula is C26H26N2O2S. The van der Waals surface area contributed by atoms with Gasteiger partial charge < -0.3 is 5.32 Å². The number of benzene rings is 2. The molecule has 0 saturated carbocycles. The summed E-state index contributed by atoms with van der Waals surface area (Å²) in [5.74, 6) is -0.639. The largest absolute Gasteiger partial charge is 0.350 e. The Bertz CT molecular complexity index is 1140. The molecule has 0 atom stereocenters. The summed E-state index contributed by atoms with van der Waals surface area (Å²) >= 11 is 1.45. The lowest BCUT2D eigenvalue weighted by Gasteiger charge is -2.21. The number of thiophene rings is 1. The second-order valence-electron chi connectivity index (χ2n) is 8.65. The molecular weight excluding hydrogens is 404 g/mol. The standard InChI is InChI=1S/C26H26N2O2S/c1-5-17-8-12-19(13-9-17)27-23-22(21-7-6-16-31-21)24(29)28(25(23)30)20-14-10-18(11-15-20)26(2,3)4/h6-16,27H,5H2,1-4H3. The predicted octanol–water partition coefficient (Wildman–Crippen LogP) is 6.00. The molecule has 5 heteroatoms. The average Bonchev–Trinajstić information content (AvgIpc) is 3.35. The van der Waals surface area contributed by atoms with Crippen LogP contribution in [0.3, 0.4) is 0 Å². The Hall–Kier alpha value is -3.18. The monoisotopic (exact) mass is 430 g/mol. The normalized spacial score (nSPS) is 14.5.